The molecule has 0 N–H and O–H groups in total. The van der Waals surface area contributed by atoms with Crippen LogP contribution in [0.25, 0.3) is 0 Å². The van der Waals surface area contributed by atoms with Crippen LogP contribution in [0.1, 0.15) is 0 Å². The summed E-state index contributed by atoms with van der Waals surface area (Å²) in [6, 6.07) is 19.8. The molecule has 0 aliphatic carbocycles. The number of hydrogen-bond donors (Lipinski definition) is 0. The minimum absolute atomic E-state index is 0.373. The van der Waals surface area contributed by atoms with Crippen molar-refractivity contribution >= 4 is 24.7 Å². The first-order valence-electron chi connectivity index (χ1n) is 6.13. The predicted octanol–water partition coefficient (Wildman–Crippen LogP) is 2.11. The van der Waals surface area contributed by atoms with Gasteiger partial charge < -0.3 is 4.43 Å². The Bertz CT molecular complexity index is 524. The van der Waals surface area contributed by atoms with E-state index in [1.165, 1.54) is 6.08 Å². The van der Waals surface area contributed by atoms with Gasteiger partial charge in [0.25, 0.3) is 0 Å². The highest BCUT2D eigenvalue weighted by Gasteiger charge is 2.37. The first-order valence-corrected chi connectivity index (χ1v) is 8.54. The molecule has 2 nitrogen and oxygen atoms in total. The number of carbonyl (C=O) groups excluding carboxylic acids is 1. The van der Waals surface area contributed by atoms with E-state index in [4.69, 9.17) is 4.43 Å². The zero-order valence-corrected chi connectivity index (χ0v) is 11.9. The van der Waals surface area contributed by atoms with Crippen molar-refractivity contribution in [1.29, 1.82) is 0 Å². The quantitative estimate of drug-likeness (QED) is 0.627. The molecule has 0 amide bonds. The minimum atomic E-state index is -2.51. The summed E-state index contributed by atoms with van der Waals surface area (Å²) in [6.07, 6.45) is 1.22. The maximum Gasteiger partial charge on any atom is 0.317 e. The van der Waals surface area contributed by atoms with Crippen LogP contribution in [-0.2, 0) is 9.22 Å². The molecule has 2 aromatic rings. The largest absolute Gasteiger partial charge is 0.507 e. The number of hydrogen-bond acceptors (Lipinski definition) is 2. The Morgan fingerprint density at radius 1 is 1.00 bits per heavy atom. The lowest BCUT2D eigenvalue weighted by Crippen LogP contribution is -2.59. The number of rotatable bonds is 4. The lowest BCUT2D eigenvalue weighted by Gasteiger charge is -2.27. The molecule has 0 spiro atoms. The fraction of sp³-hybridized carbons (Fsp3) is 0.0625. The summed E-state index contributed by atoms with van der Waals surface area (Å²) in [4.78, 5) is 11.7. The Hall–Kier alpha value is -2.13. The molecule has 0 bridgehead atoms. The van der Waals surface area contributed by atoms with Crippen molar-refractivity contribution in [2.45, 2.75) is 6.55 Å². The Labute approximate surface area is 114 Å². The molecule has 0 unspecified atom stereocenters. The van der Waals surface area contributed by atoms with Crippen LogP contribution in [0.3, 0.4) is 0 Å². The SMILES string of the molecule is C=CC(=O)O[Si](C)(c1ccccc1)c1ccccc1. The summed E-state index contributed by atoms with van der Waals surface area (Å²) < 4.78 is 5.74. The maximum atomic E-state index is 11.7. The molecule has 0 radical (unpaired) electrons. The smallest absolute Gasteiger partial charge is 0.317 e. The fourth-order valence-corrected chi connectivity index (χ4v) is 4.75. The van der Waals surface area contributed by atoms with Crippen molar-refractivity contribution in [2.24, 2.45) is 0 Å². The van der Waals surface area contributed by atoms with Crippen LogP contribution < -0.4 is 10.4 Å². The summed E-state index contributed by atoms with van der Waals surface area (Å²) in [5.41, 5.74) is 0. The molecule has 0 atom stereocenters. The molecular formula is C16H16O2Si. The van der Waals surface area contributed by atoms with Gasteiger partial charge in [0.1, 0.15) is 0 Å². The number of carbonyl (C=O) groups is 1. The highest BCUT2D eigenvalue weighted by Crippen LogP contribution is 2.08. The Kier molecular flexibility index (Phi) is 3.97. The van der Waals surface area contributed by atoms with E-state index in [1.54, 1.807) is 0 Å². The normalized spacial score (nSPS) is 10.8. The predicted molar refractivity (Wildman–Crippen MR) is 80.1 cm³/mol. The molecule has 0 aromatic heterocycles. The van der Waals surface area contributed by atoms with E-state index in [0.717, 1.165) is 10.4 Å². The van der Waals surface area contributed by atoms with Gasteiger partial charge >= 0.3 is 14.3 Å². The molecule has 0 fully saturated rings. The van der Waals surface area contributed by atoms with Crippen LogP contribution in [0, 0.1) is 0 Å². The average molecular weight is 268 g/mol. The molecular weight excluding hydrogens is 252 g/mol. The van der Waals surface area contributed by atoms with Gasteiger partial charge in [0.05, 0.1) is 0 Å². The van der Waals surface area contributed by atoms with Crippen LogP contribution in [0.5, 0.6) is 0 Å². The van der Waals surface area contributed by atoms with Gasteiger partial charge in [0.2, 0.25) is 0 Å². The molecule has 0 saturated heterocycles. The van der Waals surface area contributed by atoms with Gasteiger partial charge in [-0.2, -0.15) is 0 Å². The lowest BCUT2D eigenvalue weighted by molar-refractivity contribution is -0.129. The lowest BCUT2D eigenvalue weighted by atomic mass is 10.4. The van der Waals surface area contributed by atoms with Gasteiger partial charge in [-0.05, 0) is 16.9 Å². The van der Waals surface area contributed by atoms with Crippen molar-refractivity contribution < 1.29 is 9.22 Å². The van der Waals surface area contributed by atoms with Crippen LogP contribution in [0.4, 0.5) is 0 Å². The van der Waals surface area contributed by atoms with Gasteiger partial charge in [-0.15, -0.1) is 0 Å². The summed E-state index contributed by atoms with van der Waals surface area (Å²) in [6.45, 7) is 5.51. The number of benzene rings is 2. The zero-order valence-electron chi connectivity index (χ0n) is 10.9. The maximum absolute atomic E-state index is 11.7. The Morgan fingerprint density at radius 2 is 1.42 bits per heavy atom. The van der Waals surface area contributed by atoms with Gasteiger partial charge in [0.15, 0.2) is 0 Å². The van der Waals surface area contributed by atoms with Gasteiger partial charge in [-0.1, -0.05) is 67.2 Å². The molecule has 19 heavy (non-hydrogen) atoms. The second kappa shape index (κ2) is 5.67. The van der Waals surface area contributed by atoms with Gasteiger partial charge in [0, 0.05) is 6.08 Å². The standard InChI is InChI=1S/C16H16O2Si/c1-3-16(17)18-19(2,14-10-6-4-7-11-14)15-12-8-5-9-13-15/h3-13H,1H2,2H3. The molecule has 0 aliphatic heterocycles. The van der Waals surface area contributed by atoms with Crippen molar-refractivity contribution in [3.8, 4) is 0 Å². The van der Waals surface area contributed by atoms with E-state index in [1.807, 2.05) is 67.2 Å². The molecule has 0 aliphatic rings. The van der Waals surface area contributed by atoms with E-state index in [0.29, 0.717) is 0 Å². The fourth-order valence-electron chi connectivity index (χ4n) is 2.04. The van der Waals surface area contributed by atoms with Crippen molar-refractivity contribution in [3.05, 3.63) is 73.3 Å². The Balaban J connectivity index is 2.50. The van der Waals surface area contributed by atoms with E-state index < -0.39 is 8.32 Å². The molecule has 0 saturated carbocycles. The van der Waals surface area contributed by atoms with Gasteiger partial charge in [-0.3, -0.25) is 0 Å². The Morgan fingerprint density at radius 3 is 1.79 bits per heavy atom. The second-order valence-corrected chi connectivity index (χ2v) is 7.82. The third-order valence-corrected chi connectivity index (χ3v) is 6.60. The first kappa shape index (κ1) is 13.3. The van der Waals surface area contributed by atoms with E-state index in [2.05, 4.69) is 6.58 Å². The van der Waals surface area contributed by atoms with Crippen LogP contribution in [0.15, 0.2) is 73.3 Å². The van der Waals surface area contributed by atoms with Gasteiger partial charge in [-0.25, -0.2) is 4.79 Å². The first-order chi connectivity index (χ1) is 9.16. The summed E-state index contributed by atoms with van der Waals surface area (Å²) in [5, 5.41) is 2.13. The van der Waals surface area contributed by atoms with Crippen LogP contribution >= 0.6 is 0 Å². The highest BCUT2D eigenvalue weighted by atomic mass is 28.4. The van der Waals surface area contributed by atoms with Crippen molar-refractivity contribution in [2.75, 3.05) is 0 Å². The zero-order chi connectivity index (χ0) is 13.7. The monoisotopic (exact) mass is 268 g/mol. The van der Waals surface area contributed by atoms with Crippen LogP contribution in [0.2, 0.25) is 6.55 Å². The minimum Gasteiger partial charge on any atom is -0.507 e. The molecule has 2 aromatic carbocycles. The van der Waals surface area contributed by atoms with E-state index in [9.17, 15) is 4.79 Å². The molecule has 96 valence electrons. The third kappa shape index (κ3) is 2.82. The topological polar surface area (TPSA) is 26.3 Å². The summed E-state index contributed by atoms with van der Waals surface area (Å²) in [7, 11) is -2.51. The van der Waals surface area contributed by atoms with Crippen molar-refractivity contribution in [3.63, 3.8) is 0 Å². The molecule has 3 heteroatoms. The summed E-state index contributed by atoms with van der Waals surface area (Å²) >= 11 is 0. The second-order valence-electron chi connectivity index (χ2n) is 4.39. The summed E-state index contributed by atoms with van der Waals surface area (Å²) in [5.74, 6) is -0.373. The molecule has 2 rings (SSSR count). The molecule has 0 heterocycles. The average Bonchev–Trinajstić information content (AvgIpc) is 2.48. The van der Waals surface area contributed by atoms with E-state index in [-0.39, 0.29) is 5.97 Å². The van der Waals surface area contributed by atoms with Crippen molar-refractivity contribution in [1.82, 2.24) is 0 Å². The van der Waals surface area contributed by atoms with Crippen LogP contribution in [-0.4, -0.2) is 14.3 Å². The highest BCUT2D eigenvalue weighted by molar-refractivity contribution is 6.97. The van der Waals surface area contributed by atoms with E-state index >= 15 is 0 Å². The third-order valence-electron chi connectivity index (χ3n) is 3.12.